The Balaban J connectivity index is 2.61. The molecule has 0 radical (unpaired) electrons. The van der Waals surface area contributed by atoms with Gasteiger partial charge in [-0.25, -0.2) is 13.9 Å². The van der Waals surface area contributed by atoms with Crippen molar-refractivity contribution in [3.8, 4) is 11.4 Å². The molecule has 0 amide bonds. The first-order valence-corrected chi connectivity index (χ1v) is 5.98. The molecule has 1 heterocycles. The first-order valence-electron chi connectivity index (χ1n) is 5.98. The van der Waals surface area contributed by atoms with Crippen molar-refractivity contribution in [3.63, 3.8) is 0 Å². The van der Waals surface area contributed by atoms with Gasteiger partial charge >= 0.3 is 5.97 Å². The third kappa shape index (κ3) is 2.34. The predicted molar refractivity (Wildman–Crippen MR) is 68.9 cm³/mol. The van der Waals surface area contributed by atoms with Crippen molar-refractivity contribution in [2.24, 2.45) is 0 Å². The summed E-state index contributed by atoms with van der Waals surface area (Å²) in [7, 11) is 1.36. The van der Waals surface area contributed by atoms with Gasteiger partial charge < -0.3 is 9.84 Å². The van der Waals surface area contributed by atoms with Gasteiger partial charge in [0.15, 0.2) is 17.3 Å². The van der Waals surface area contributed by atoms with Gasteiger partial charge in [0, 0.05) is 6.07 Å². The fourth-order valence-corrected chi connectivity index (χ4v) is 1.93. The van der Waals surface area contributed by atoms with E-state index in [1.54, 1.807) is 0 Å². The molecule has 0 aliphatic heterocycles. The molecule has 2 rings (SSSR count). The summed E-state index contributed by atoms with van der Waals surface area (Å²) in [6.45, 7) is 3.67. The van der Waals surface area contributed by atoms with Crippen LogP contribution in [0.25, 0.3) is 5.69 Å². The maximum absolute atomic E-state index is 13.4. The molecule has 0 aliphatic rings. The summed E-state index contributed by atoms with van der Waals surface area (Å²) in [5.74, 6) is -1.69. The lowest BCUT2D eigenvalue weighted by Crippen LogP contribution is -2.08. The van der Waals surface area contributed by atoms with E-state index in [1.165, 1.54) is 30.0 Å². The third-order valence-corrected chi connectivity index (χ3v) is 2.83. The minimum Gasteiger partial charge on any atom is -0.494 e. The summed E-state index contributed by atoms with van der Waals surface area (Å²) in [4.78, 5) is 11.1. The van der Waals surface area contributed by atoms with E-state index in [4.69, 9.17) is 9.84 Å². The number of nitrogens with zero attached hydrogens (tertiary/aromatic N) is 3. The number of hydrogen-bond donors (Lipinski definition) is 1. The number of ether oxygens (including phenoxy) is 1. The van der Waals surface area contributed by atoms with Crippen LogP contribution in [0.5, 0.6) is 5.75 Å². The molecule has 0 bridgehead atoms. The van der Waals surface area contributed by atoms with Crippen LogP contribution in [0.3, 0.4) is 0 Å². The van der Waals surface area contributed by atoms with Crippen LogP contribution in [0.4, 0.5) is 4.39 Å². The fraction of sp³-hybridized carbons (Fsp3) is 0.308. The maximum atomic E-state index is 13.4. The van der Waals surface area contributed by atoms with Gasteiger partial charge in [-0.1, -0.05) is 19.1 Å². The number of carboxylic acids is 1. The highest BCUT2D eigenvalue weighted by Crippen LogP contribution is 2.25. The molecule has 20 heavy (non-hydrogen) atoms. The monoisotopic (exact) mass is 279 g/mol. The van der Waals surface area contributed by atoms with Gasteiger partial charge in [0.2, 0.25) is 0 Å². The van der Waals surface area contributed by atoms with E-state index < -0.39 is 11.8 Å². The number of benzene rings is 1. The van der Waals surface area contributed by atoms with E-state index in [0.29, 0.717) is 11.4 Å². The number of carboxylic acid groups (broad SMARTS) is 1. The third-order valence-electron chi connectivity index (χ3n) is 2.83. The Morgan fingerprint density at radius 1 is 1.45 bits per heavy atom. The molecular formula is C13H14FN3O3. The van der Waals surface area contributed by atoms with Crippen LogP contribution in [-0.4, -0.2) is 33.2 Å². The Morgan fingerprint density at radius 2 is 2.15 bits per heavy atom. The van der Waals surface area contributed by atoms with Gasteiger partial charge in [-0.05, 0) is 18.1 Å². The Kier molecular flexibility index (Phi) is 3.69. The van der Waals surface area contributed by atoms with E-state index in [0.717, 1.165) is 0 Å². The minimum atomic E-state index is -1.14. The zero-order valence-corrected chi connectivity index (χ0v) is 11.3. The van der Waals surface area contributed by atoms with E-state index in [9.17, 15) is 9.18 Å². The number of methoxy groups -OCH3 is 1. The molecule has 1 aromatic heterocycles. The van der Waals surface area contributed by atoms with Gasteiger partial charge in [-0.2, -0.15) is 0 Å². The molecule has 0 aliphatic carbocycles. The lowest BCUT2D eigenvalue weighted by atomic mass is 10.1. The molecule has 0 atom stereocenters. The smallest absolute Gasteiger partial charge is 0.358 e. The average molecular weight is 279 g/mol. The molecule has 1 aromatic carbocycles. The van der Waals surface area contributed by atoms with Crippen LogP contribution in [0.15, 0.2) is 18.2 Å². The molecule has 0 unspecified atom stereocenters. The Hall–Kier alpha value is -2.44. The Morgan fingerprint density at radius 3 is 2.70 bits per heavy atom. The second-order valence-corrected chi connectivity index (χ2v) is 4.51. The minimum absolute atomic E-state index is 0.0598. The maximum Gasteiger partial charge on any atom is 0.358 e. The molecule has 2 aromatic rings. The van der Waals surface area contributed by atoms with Gasteiger partial charge in [0.1, 0.15) is 0 Å². The van der Waals surface area contributed by atoms with E-state index >= 15 is 0 Å². The van der Waals surface area contributed by atoms with Crippen molar-refractivity contribution in [3.05, 3.63) is 35.4 Å². The number of hydrogen-bond acceptors (Lipinski definition) is 4. The largest absolute Gasteiger partial charge is 0.494 e. The standard InChI is InChI=1S/C13H14FN3O3/c1-7(2)12-11(13(18)19)15-16-17(12)8-4-5-9(14)10(6-8)20-3/h4-7H,1-3H3,(H,18,19). The van der Waals surface area contributed by atoms with Crippen LogP contribution >= 0.6 is 0 Å². The van der Waals surface area contributed by atoms with Crippen molar-refractivity contribution < 1.29 is 19.0 Å². The van der Waals surface area contributed by atoms with Crippen molar-refractivity contribution >= 4 is 5.97 Å². The van der Waals surface area contributed by atoms with Gasteiger partial charge in [-0.3, -0.25) is 0 Å². The van der Waals surface area contributed by atoms with E-state index in [1.807, 2.05) is 13.8 Å². The number of aromatic nitrogens is 3. The van der Waals surface area contributed by atoms with Gasteiger partial charge in [0.05, 0.1) is 18.5 Å². The number of halogens is 1. The summed E-state index contributed by atoms with van der Waals surface area (Å²) >= 11 is 0. The van der Waals surface area contributed by atoms with E-state index in [2.05, 4.69) is 10.3 Å². The first-order chi connectivity index (χ1) is 9.45. The topological polar surface area (TPSA) is 77.2 Å². The predicted octanol–water partition coefficient (Wildman–Crippen LogP) is 2.24. The molecule has 0 spiro atoms. The van der Waals surface area contributed by atoms with Crippen LogP contribution in [0.1, 0.15) is 35.9 Å². The van der Waals surface area contributed by atoms with Crippen LogP contribution in [0, 0.1) is 5.82 Å². The fourth-order valence-electron chi connectivity index (χ4n) is 1.93. The van der Waals surface area contributed by atoms with Crippen LogP contribution in [0.2, 0.25) is 0 Å². The molecule has 6 nitrogen and oxygen atoms in total. The zero-order valence-electron chi connectivity index (χ0n) is 11.3. The molecule has 1 N–H and O–H groups in total. The molecule has 0 fully saturated rings. The highest BCUT2D eigenvalue weighted by Gasteiger charge is 2.22. The second-order valence-electron chi connectivity index (χ2n) is 4.51. The second kappa shape index (κ2) is 5.28. The summed E-state index contributed by atoms with van der Waals surface area (Å²) in [5.41, 5.74) is 0.835. The molecule has 7 heteroatoms. The highest BCUT2D eigenvalue weighted by atomic mass is 19.1. The highest BCUT2D eigenvalue weighted by molar-refractivity contribution is 5.86. The van der Waals surface area contributed by atoms with Crippen molar-refractivity contribution in [1.29, 1.82) is 0 Å². The average Bonchev–Trinajstić information content (AvgIpc) is 2.84. The number of aromatic carboxylic acids is 1. The van der Waals surface area contributed by atoms with Crippen molar-refractivity contribution in [2.75, 3.05) is 7.11 Å². The summed E-state index contributed by atoms with van der Waals surface area (Å²) in [6, 6.07) is 4.17. The Labute approximate surface area is 114 Å². The number of rotatable bonds is 4. The van der Waals surface area contributed by atoms with Gasteiger partial charge in [0.25, 0.3) is 0 Å². The number of carbonyl (C=O) groups is 1. The quantitative estimate of drug-likeness (QED) is 0.928. The molecular weight excluding hydrogens is 265 g/mol. The zero-order chi connectivity index (χ0) is 14.9. The Bertz CT molecular complexity index is 652. The summed E-state index contributed by atoms with van der Waals surface area (Å²) in [5, 5.41) is 16.6. The van der Waals surface area contributed by atoms with Crippen LogP contribution in [-0.2, 0) is 0 Å². The first kappa shape index (κ1) is 14.0. The van der Waals surface area contributed by atoms with E-state index in [-0.39, 0.29) is 17.4 Å². The summed E-state index contributed by atoms with van der Waals surface area (Å²) in [6.07, 6.45) is 0. The molecule has 106 valence electrons. The lowest BCUT2D eigenvalue weighted by Gasteiger charge is -2.11. The van der Waals surface area contributed by atoms with Crippen molar-refractivity contribution in [1.82, 2.24) is 15.0 Å². The normalized spacial score (nSPS) is 10.8. The van der Waals surface area contributed by atoms with Crippen LogP contribution < -0.4 is 4.74 Å². The SMILES string of the molecule is COc1cc(-n2nnc(C(=O)O)c2C(C)C)ccc1F. The lowest BCUT2D eigenvalue weighted by molar-refractivity contribution is 0.0688. The molecule has 0 saturated carbocycles. The van der Waals surface area contributed by atoms with Crippen molar-refractivity contribution in [2.45, 2.75) is 19.8 Å². The molecule has 0 saturated heterocycles. The van der Waals surface area contributed by atoms with Gasteiger partial charge in [-0.15, -0.1) is 5.10 Å². The summed E-state index contributed by atoms with van der Waals surface area (Å²) < 4.78 is 19.7.